The van der Waals surface area contributed by atoms with Gasteiger partial charge in [-0.15, -0.1) is 11.3 Å². The smallest absolute Gasteiger partial charge is 0.222 e. The predicted octanol–water partition coefficient (Wildman–Crippen LogP) is 4.15. The fraction of sp³-hybridized carbons (Fsp3) is 0.706. The number of unbranched alkanes of at least 4 members (excludes halogenated alkanes) is 1. The average molecular weight is 420 g/mol. The summed E-state index contributed by atoms with van der Waals surface area (Å²) in [5, 5.41) is 2.23. The number of sulfone groups is 1. The van der Waals surface area contributed by atoms with Gasteiger partial charge in [-0.25, -0.2) is 8.42 Å². The molecule has 0 bridgehead atoms. The summed E-state index contributed by atoms with van der Waals surface area (Å²) < 4.78 is 25.1. The Kier molecular flexibility index (Phi) is 7.17. The maximum atomic E-state index is 12.5. The first-order chi connectivity index (χ1) is 12.1. The van der Waals surface area contributed by atoms with Gasteiger partial charge < -0.3 is 4.90 Å². The molecule has 0 radical (unpaired) electrons. The van der Waals surface area contributed by atoms with Gasteiger partial charge in [0, 0.05) is 35.4 Å². The van der Waals surface area contributed by atoms with E-state index in [1.165, 1.54) is 29.9 Å². The second-order valence-electron chi connectivity index (χ2n) is 6.62. The van der Waals surface area contributed by atoms with Crippen LogP contribution in [0.1, 0.15) is 48.7 Å². The maximum Gasteiger partial charge on any atom is 0.222 e. The van der Waals surface area contributed by atoms with Crippen molar-refractivity contribution in [2.75, 3.05) is 24.6 Å². The Labute approximate surface area is 162 Å². The molecule has 2 aliphatic heterocycles. The summed E-state index contributed by atoms with van der Waals surface area (Å²) in [6, 6.07) is 3.79. The first kappa shape index (κ1) is 19.6. The van der Waals surface area contributed by atoms with Crippen LogP contribution >= 0.6 is 32.9 Å². The molecule has 8 heteroatoms. The summed E-state index contributed by atoms with van der Waals surface area (Å²) in [6.07, 6.45) is 5.56. The highest BCUT2D eigenvalue weighted by Crippen LogP contribution is 2.40. The zero-order chi connectivity index (χ0) is 17.7. The van der Waals surface area contributed by atoms with E-state index in [0.29, 0.717) is 25.9 Å². The van der Waals surface area contributed by atoms with Crippen molar-refractivity contribution in [3.8, 4) is 0 Å². The summed E-state index contributed by atoms with van der Waals surface area (Å²) >= 11 is 1.49. The fourth-order valence-corrected chi connectivity index (χ4v) is 9.39. The number of rotatable bonds is 6. The van der Waals surface area contributed by atoms with Gasteiger partial charge in [0.1, 0.15) is 0 Å². The Balaban J connectivity index is 1.47. The van der Waals surface area contributed by atoms with Gasteiger partial charge in [0.2, 0.25) is 5.91 Å². The monoisotopic (exact) mass is 419 g/mol. The van der Waals surface area contributed by atoms with E-state index in [1.54, 1.807) is 4.90 Å². The van der Waals surface area contributed by atoms with Crippen LogP contribution in [0.25, 0.3) is 0 Å². The van der Waals surface area contributed by atoms with Gasteiger partial charge in [0.05, 0.1) is 11.0 Å². The lowest BCUT2D eigenvalue weighted by Crippen LogP contribution is -2.33. The summed E-state index contributed by atoms with van der Waals surface area (Å²) in [4.78, 5) is 15.1. The van der Waals surface area contributed by atoms with Crippen molar-refractivity contribution in [1.29, 1.82) is 0 Å². The SMILES string of the molecule is O=C(CCCCC1CCSS1)N1CCC(c2cccs2)S(=O)(=O)CC1. The average Bonchev–Trinajstić information content (AvgIpc) is 3.25. The van der Waals surface area contributed by atoms with Crippen LogP contribution in [-0.4, -0.2) is 49.1 Å². The minimum absolute atomic E-state index is 0.0806. The van der Waals surface area contributed by atoms with E-state index in [4.69, 9.17) is 0 Å². The first-order valence-corrected chi connectivity index (χ1v) is 13.8. The summed E-state index contributed by atoms with van der Waals surface area (Å²) in [6.45, 7) is 0.897. The topological polar surface area (TPSA) is 54.5 Å². The third-order valence-electron chi connectivity index (χ3n) is 4.85. The number of hydrogen-bond donors (Lipinski definition) is 0. The van der Waals surface area contributed by atoms with Gasteiger partial charge >= 0.3 is 0 Å². The van der Waals surface area contributed by atoms with Gasteiger partial charge in [0.15, 0.2) is 9.84 Å². The first-order valence-electron chi connectivity index (χ1n) is 8.87. The number of hydrogen-bond acceptors (Lipinski definition) is 6. The van der Waals surface area contributed by atoms with Gasteiger partial charge in [0.25, 0.3) is 0 Å². The largest absolute Gasteiger partial charge is 0.342 e. The van der Waals surface area contributed by atoms with Crippen LogP contribution in [-0.2, 0) is 14.6 Å². The molecule has 0 saturated carbocycles. The van der Waals surface area contributed by atoms with Gasteiger partial charge in [-0.05, 0) is 37.1 Å². The molecule has 0 aromatic carbocycles. The molecule has 2 saturated heterocycles. The van der Waals surface area contributed by atoms with E-state index < -0.39 is 15.1 Å². The van der Waals surface area contributed by atoms with Crippen molar-refractivity contribution in [2.24, 2.45) is 0 Å². The maximum absolute atomic E-state index is 12.5. The molecule has 1 aromatic rings. The molecule has 1 amide bonds. The molecular weight excluding hydrogens is 394 g/mol. The Hall–Kier alpha value is -0.180. The van der Waals surface area contributed by atoms with Crippen LogP contribution in [0.5, 0.6) is 0 Å². The molecule has 2 atom stereocenters. The molecule has 2 aliphatic rings. The highest BCUT2D eigenvalue weighted by Gasteiger charge is 2.33. The normalized spacial score (nSPS) is 26.5. The molecule has 2 fully saturated rings. The zero-order valence-corrected chi connectivity index (χ0v) is 17.5. The molecule has 0 aliphatic carbocycles. The van der Waals surface area contributed by atoms with Gasteiger partial charge in [-0.2, -0.15) is 0 Å². The van der Waals surface area contributed by atoms with E-state index in [-0.39, 0.29) is 11.7 Å². The zero-order valence-electron chi connectivity index (χ0n) is 14.3. The molecule has 1 aromatic heterocycles. The molecule has 4 nitrogen and oxygen atoms in total. The number of nitrogens with zero attached hydrogens (tertiary/aromatic N) is 1. The quantitative estimate of drug-likeness (QED) is 0.512. The molecule has 3 rings (SSSR count). The van der Waals surface area contributed by atoms with E-state index >= 15 is 0 Å². The van der Waals surface area contributed by atoms with Crippen LogP contribution in [0.3, 0.4) is 0 Å². The van der Waals surface area contributed by atoms with Crippen molar-refractivity contribution in [1.82, 2.24) is 4.90 Å². The summed E-state index contributed by atoms with van der Waals surface area (Å²) in [7, 11) is 0.768. The molecule has 0 N–H and O–H groups in total. The molecule has 0 spiro atoms. The Bertz CT molecular complexity index is 653. The minimum atomic E-state index is -3.17. The highest BCUT2D eigenvalue weighted by atomic mass is 33.1. The lowest BCUT2D eigenvalue weighted by Gasteiger charge is -2.20. The Morgan fingerprint density at radius 1 is 1.24 bits per heavy atom. The van der Waals surface area contributed by atoms with Gasteiger partial charge in [-0.3, -0.25) is 4.79 Å². The van der Waals surface area contributed by atoms with Crippen molar-refractivity contribution in [2.45, 2.75) is 49.0 Å². The molecule has 140 valence electrons. The number of amides is 1. The lowest BCUT2D eigenvalue weighted by atomic mass is 10.1. The number of thiophene rings is 1. The summed E-state index contributed by atoms with van der Waals surface area (Å²) in [5.41, 5.74) is 0. The van der Waals surface area contributed by atoms with Gasteiger partial charge in [-0.1, -0.05) is 34.1 Å². The van der Waals surface area contributed by atoms with E-state index in [9.17, 15) is 13.2 Å². The lowest BCUT2D eigenvalue weighted by molar-refractivity contribution is -0.131. The van der Waals surface area contributed by atoms with Crippen molar-refractivity contribution >= 4 is 48.7 Å². The van der Waals surface area contributed by atoms with Crippen molar-refractivity contribution in [3.63, 3.8) is 0 Å². The van der Waals surface area contributed by atoms with E-state index in [2.05, 4.69) is 0 Å². The number of carbonyl (C=O) groups excluding carboxylic acids is 1. The van der Waals surface area contributed by atoms with Crippen LogP contribution in [0, 0.1) is 0 Å². The summed E-state index contributed by atoms with van der Waals surface area (Å²) in [5.74, 6) is 1.45. The molecule has 3 heterocycles. The highest BCUT2D eigenvalue weighted by molar-refractivity contribution is 8.77. The predicted molar refractivity (Wildman–Crippen MR) is 109 cm³/mol. The van der Waals surface area contributed by atoms with Crippen LogP contribution in [0.2, 0.25) is 0 Å². The standard InChI is InChI=1S/C17H25NO3S4/c19-17(6-2-1-4-14-8-12-23-24-14)18-9-7-16(15-5-3-11-22-15)25(20,21)13-10-18/h3,5,11,14,16H,1-2,4,6-10,12-13H2. The Morgan fingerprint density at radius 3 is 2.84 bits per heavy atom. The minimum Gasteiger partial charge on any atom is -0.342 e. The molecule has 2 unspecified atom stereocenters. The fourth-order valence-electron chi connectivity index (χ4n) is 3.36. The van der Waals surface area contributed by atoms with Crippen molar-refractivity contribution < 1.29 is 13.2 Å². The molecule has 25 heavy (non-hydrogen) atoms. The van der Waals surface area contributed by atoms with E-state index in [0.717, 1.165) is 23.0 Å². The third-order valence-corrected chi connectivity index (χ3v) is 11.1. The molecular formula is C17H25NO3S4. The second kappa shape index (κ2) is 9.15. The third kappa shape index (κ3) is 5.40. The van der Waals surface area contributed by atoms with Crippen LogP contribution < -0.4 is 0 Å². The van der Waals surface area contributed by atoms with Crippen LogP contribution in [0.15, 0.2) is 17.5 Å². The van der Waals surface area contributed by atoms with Crippen molar-refractivity contribution in [3.05, 3.63) is 22.4 Å². The van der Waals surface area contributed by atoms with Crippen LogP contribution in [0.4, 0.5) is 0 Å². The number of carbonyl (C=O) groups is 1. The second-order valence-corrected chi connectivity index (χ2v) is 12.7. The van der Waals surface area contributed by atoms with E-state index in [1.807, 2.05) is 39.1 Å². The Morgan fingerprint density at radius 2 is 2.12 bits per heavy atom.